The molecule has 0 saturated heterocycles. The zero-order valence-corrected chi connectivity index (χ0v) is 5.74. The van der Waals surface area contributed by atoms with Crippen LogP contribution in [0.15, 0.2) is 0 Å². The summed E-state index contributed by atoms with van der Waals surface area (Å²) in [4.78, 5) is 10.5. The molecule has 0 aromatic carbocycles. The van der Waals surface area contributed by atoms with Gasteiger partial charge < -0.3 is 0 Å². The van der Waals surface area contributed by atoms with Crippen LogP contribution < -0.4 is 0 Å². The van der Waals surface area contributed by atoms with Crippen molar-refractivity contribution in [1.82, 2.24) is 0 Å². The monoisotopic (exact) mass is 152 g/mol. The van der Waals surface area contributed by atoms with E-state index in [0.29, 0.717) is 12.8 Å². The fraction of sp³-hybridized carbons (Fsp3) is 0.800. The fourth-order valence-electron chi connectivity index (χ4n) is 0.774. The molecule has 0 heterocycles. The molecular weight excluding hydrogens is 147 g/mol. The molecule has 46 valence electrons. The van der Waals surface area contributed by atoms with Crippen LogP contribution >= 0.6 is 23.2 Å². The summed E-state index contributed by atoms with van der Waals surface area (Å²) >= 11 is 11.2. The van der Waals surface area contributed by atoms with Crippen LogP contribution in [0.1, 0.15) is 12.8 Å². The van der Waals surface area contributed by atoms with Crippen molar-refractivity contribution in [2.24, 2.45) is 0 Å². The summed E-state index contributed by atoms with van der Waals surface area (Å²) in [5.74, 6) is 0.185. The molecule has 0 radical (unpaired) electrons. The van der Waals surface area contributed by atoms with Crippen LogP contribution in [0.4, 0.5) is 0 Å². The van der Waals surface area contributed by atoms with Gasteiger partial charge in [-0.1, -0.05) is 0 Å². The van der Waals surface area contributed by atoms with Crippen LogP contribution in [0, 0.1) is 0 Å². The standard InChI is InChI=1S/C5H6Cl2O/c6-4-1-3(8)2-5(4)7/h4-5H,1-2H2/t4-,5-/m1/s1. The Morgan fingerprint density at radius 1 is 1.25 bits per heavy atom. The first-order chi connectivity index (χ1) is 3.70. The van der Waals surface area contributed by atoms with Crippen molar-refractivity contribution in [1.29, 1.82) is 0 Å². The van der Waals surface area contributed by atoms with E-state index < -0.39 is 0 Å². The second-order valence-electron chi connectivity index (χ2n) is 1.98. The molecule has 0 N–H and O–H groups in total. The molecule has 1 fully saturated rings. The molecule has 1 aliphatic rings. The van der Waals surface area contributed by atoms with Gasteiger partial charge in [-0.15, -0.1) is 23.2 Å². The third kappa shape index (κ3) is 1.15. The van der Waals surface area contributed by atoms with Crippen molar-refractivity contribution >= 4 is 29.0 Å². The highest BCUT2D eigenvalue weighted by Crippen LogP contribution is 2.25. The molecule has 0 bridgehead atoms. The minimum atomic E-state index is -0.121. The van der Waals surface area contributed by atoms with E-state index >= 15 is 0 Å². The molecule has 2 atom stereocenters. The van der Waals surface area contributed by atoms with Gasteiger partial charge in [0.1, 0.15) is 5.78 Å². The summed E-state index contributed by atoms with van der Waals surface area (Å²) in [6, 6.07) is 0. The number of ketones is 1. The summed E-state index contributed by atoms with van der Waals surface area (Å²) < 4.78 is 0. The predicted octanol–water partition coefficient (Wildman–Crippen LogP) is 1.56. The van der Waals surface area contributed by atoms with Crippen molar-refractivity contribution < 1.29 is 4.79 Å². The van der Waals surface area contributed by atoms with E-state index in [1.54, 1.807) is 0 Å². The molecule has 0 aromatic rings. The molecule has 0 spiro atoms. The van der Waals surface area contributed by atoms with Gasteiger partial charge in [-0.25, -0.2) is 0 Å². The predicted molar refractivity (Wildman–Crippen MR) is 33.5 cm³/mol. The van der Waals surface area contributed by atoms with Gasteiger partial charge in [-0.05, 0) is 0 Å². The third-order valence-corrected chi connectivity index (χ3v) is 2.28. The third-order valence-electron chi connectivity index (χ3n) is 1.24. The van der Waals surface area contributed by atoms with E-state index in [9.17, 15) is 4.79 Å². The van der Waals surface area contributed by atoms with Crippen LogP contribution in [0.3, 0.4) is 0 Å². The molecule has 1 aliphatic carbocycles. The number of Topliss-reactive ketones (excluding diaryl/α,β-unsaturated/α-hetero) is 1. The van der Waals surface area contributed by atoms with Crippen molar-refractivity contribution in [3.05, 3.63) is 0 Å². The lowest BCUT2D eigenvalue weighted by Gasteiger charge is -1.98. The second kappa shape index (κ2) is 2.24. The molecular formula is C5H6Cl2O. The maximum Gasteiger partial charge on any atom is 0.135 e. The van der Waals surface area contributed by atoms with Gasteiger partial charge in [0, 0.05) is 12.8 Å². The molecule has 1 rings (SSSR count). The van der Waals surface area contributed by atoms with Gasteiger partial charge in [0.25, 0.3) is 0 Å². The highest BCUT2D eigenvalue weighted by atomic mass is 35.5. The highest BCUT2D eigenvalue weighted by Gasteiger charge is 2.29. The molecule has 8 heavy (non-hydrogen) atoms. The Bertz CT molecular complexity index is 101. The Hall–Kier alpha value is 0.250. The first-order valence-electron chi connectivity index (χ1n) is 2.50. The maximum absolute atomic E-state index is 10.5. The largest absolute Gasteiger partial charge is 0.300 e. The molecule has 3 heteroatoms. The van der Waals surface area contributed by atoms with Crippen molar-refractivity contribution in [2.75, 3.05) is 0 Å². The number of hydrogen-bond donors (Lipinski definition) is 0. The average molecular weight is 153 g/mol. The van der Waals surface area contributed by atoms with E-state index in [0.717, 1.165) is 0 Å². The van der Waals surface area contributed by atoms with Gasteiger partial charge >= 0.3 is 0 Å². The van der Waals surface area contributed by atoms with Gasteiger partial charge in [-0.2, -0.15) is 0 Å². The molecule has 0 aromatic heterocycles. The van der Waals surface area contributed by atoms with E-state index in [2.05, 4.69) is 0 Å². The van der Waals surface area contributed by atoms with Crippen LogP contribution in [-0.2, 0) is 4.79 Å². The molecule has 0 aliphatic heterocycles. The Balaban J connectivity index is 2.51. The molecule has 0 amide bonds. The SMILES string of the molecule is O=C1C[C@@H](Cl)[C@H](Cl)C1. The second-order valence-corrected chi connectivity index (χ2v) is 3.10. The summed E-state index contributed by atoms with van der Waals surface area (Å²) in [7, 11) is 0. The zero-order chi connectivity index (χ0) is 6.15. The highest BCUT2D eigenvalue weighted by molar-refractivity contribution is 6.32. The summed E-state index contributed by atoms with van der Waals surface area (Å²) in [5, 5.41) is -0.242. The quantitative estimate of drug-likeness (QED) is 0.482. The first kappa shape index (κ1) is 6.37. The average Bonchev–Trinajstić information content (AvgIpc) is 1.85. The number of hydrogen-bond acceptors (Lipinski definition) is 1. The van der Waals surface area contributed by atoms with Crippen LogP contribution in [0.5, 0.6) is 0 Å². The lowest BCUT2D eigenvalue weighted by atomic mass is 10.4. The maximum atomic E-state index is 10.5. The number of carbonyl (C=O) groups is 1. The van der Waals surface area contributed by atoms with Gasteiger partial charge in [0.05, 0.1) is 10.8 Å². The van der Waals surface area contributed by atoms with Crippen molar-refractivity contribution in [3.63, 3.8) is 0 Å². The zero-order valence-electron chi connectivity index (χ0n) is 4.23. The van der Waals surface area contributed by atoms with Crippen LogP contribution in [0.25, 0.3) is 0 Å². The van der Waals surface area contributed by atoms with Crippen molar-refractivity contribution in [2.45, 2.75) is 23.6 Å². The minimum absolute atomic E-state index is 0.121. The number of alkyl halides is 2. The normalized spacial score (nSPS) is 38.5. The topological polar surface area (TPSA) is 17.1 Å². The summed E-state index contributed by atoms with van der Waals surface area (Å²) in [5.41, 5.74) is 0. The lowest BCUT2D eigenvalue weighted by Crippen LogP contribution is -2.03. The lowest BCUT2D eigenvalue weighted by molar-refractivity contribution is -0.117. The van der Waals surface area contributed by atoms with Gasteiger partial charge in [0.15, 0.2) is 0 Å². The number of rotatable bonds is 0. The minimum Gasteiger partial charge on any atom is -0.300 e. The Morgan fingerprint density at radius 2 is 1.62 bits per heavy atom. The van der Waals surface area contributed by atoms with Gasteiger partial charge in [-0.3, -0.25) is 4.79 Å². The van der Waals surface area contributed by atoms with E-state index in [-0.39, 0.29) is 16.5 Å². The van der Waals surface area contributed by atoms with Crippen LogP contribution in [0.2, 0.25) is 0 Å². The summed E-state index contributed by atoms with van der Waals surface area (Å²) in [6.45, 7) is 0. The molecule has 1 nitrogen and oxygen atoms in total. The van der Waals surface area contributed by atoms with Gasteiger partial charge in [0.2, 0.25) is 0 Å². The summed E-state index contributed by atoms with van der Waals surface area (Å²) in [6.07, 6.45) is 0.908. The smallest absolute Gasteiger partial charge is 0.135 e. The number of carbonyl (C=O) groups excluding carboxylic acids is 1. The number of halogens is 2. The molecule has 1 saturated carbocycles. The molecule has 0 unspecified atom stereocenters. The Labute approximate surface area is 58.0 Å². The van der Waals surface area contributed by atoms with Crippen LogP contribution in [-0.4, -0.2) is 16.5 Å². The van der Waals surface area contributed by atoms with E-state index in [1.165, 1.54) is 0 Å². The fourth-order valence-corrected chi connectivity index (χ4v) is 1.30. The Morgan fingerprint density at radius 3 is 1.75 bits per heavy atom. The first-order valence-corrected chi connectivity index (χ1v) is 3.37. The Kier molecular flexibility index (Phi) is 1.78. The van der Waals surface area contributed by atoms with E-state index in [4.69, 9.17) is 23.2 Å². The van der Waals surface area contributed by atoms with E-state index in [1.807, 2.05) is 0 Å². The van der Waals surface area contributed by atoms with Crippen molar-refractivity contribution in [3.8, 4) is 0 Å².